The number of halogens is 1. The Morgan fingerprint density at radius 1 is 1.02 bits per heavy atom. The Morgan fingerprint density at radius 3 is 2.44 bits per heavy atom. The number of H-pyrrole nitrogens is 1. The summed E-state index contributed by atoms with van der Waals surface area (Å²) in [6.07, 6.45) is 5.04. The number of nitrogens with one attached hydrogen (secondary N) is 1. The van der Waals surface area contributed by atoms with Crippen molar-refractivity contribution >= 4 is 34.6 Å². The zero-order chi connectivity index (χ0) is 34.0. The number of hydrogen-bond donors (Lipinski definition) is 1. The van der Waals surface area contributed by atoms with Crippen molar-refractivity contribution in [2.45, 2.75) is 58.1 Å². The van der Waals surface area contributed by atoms with Gasteiger partial charge >= 0.3 is 12.1 Å². The van der Waals surface area contributed by atoms with Gasteiger partial charge in [-0.2, -0.15) is 5.10 Å². The fourth-order valence-electron chi connectivity index (χ4n) is 6.62. The third-order valence-corrected chi connectivity index (χ3v) is 9.09. The molecule has 0 aliphatic carbocycles. The molecule has 2 amide bonds. The first-order valence-electron chi connectivity index (χ1n) is 16.5. The fraction of sp³-hybridized carbons (Fsp3) is 0.444. The zero-order valence-electron chi connectivity index (χ0n) is 28.0. The second kappa shape index (κ2) is 13.7. The third kappa shape index (κ3) is 7.17. The molecular weight excluding hydrogens is 615 g/mol. The van der Waals surface area contributed by atoms with E-state index in [1.165, 1.54) is 7.11 Å². The van der Waals surface area contributed by atoms with Crippen LogP contribution in [0.2, 0.25) is 0 Å². The number of aromatic nitrogens is 3. The Labute approximate surface area is 279 Å². The van der Waals surface area contributed by atoms with Crippen LogP contribution in [0.4, 0.5) is 14.9 Å². The molecule has 2 aliphatic heterocycles. The molecule has 6 rings (SSSR count). The number of rotatable bonds is 7. The van der Waals surface area contributed by atoms with E-state index in [4.69, 9.17) is 9.47 Å². The summed E-state index contributed by atoms with van der Waals surface area (Å²) in [5.74, 6) is -1.18. The van der Waals surface area contributed by atoms with Gasteiger partial charge in [0.05, 0.1) is 12.6 Å². The van der Waals surface area contributed by atoms with Crippen molar-refractivity contribution in [1.29, 1.82) is 0 Å². The van der Waals surface area contributed by atoms with E-state index in [9.17, 15) is 14.4 Å². The van der Waals surface area contributed by atoms with Crippen LogP contribution in [-0.2, 0) is 20.8 Å². The highest BCUT2D eigenvalue weighted by Gasteiger charge is 2.30. The first kappa shape index (κ1) is 33.0. The minimum Gasteiger partial charge on any atom is -0.464 e. The summed E-state index contributed by atoms with van der Waals surface area (Å²) >= 11 is 0. The van der Waals surface area contributed by atoms with Crippen LogP contribution >= 0.6 is 0 Å². The molecule has 2 aromatic carbocycles. The molecule has 2 fully saturated rings. The van der Waals surface area contributed by atoms with Crippen molar-refractivity contribution in [2.24, 2.45) is 0 Å². The monoisotopic (exact) mass is 658 g/mol. The number of aromatic amines is 1. The molecule has 4 aromatic rings. The van der Waals surface area contributed by atoms with Gasteiger partial charge < -0.3 is 29.2 Å². The van der Waals surface area contributed by atoms with Gasteiger partial charge in [0.25, 0.3) is 0 Å². The standard InChI is InChI=1S/C36H43FN6O5/c1-36(2,3)48-35(46)41-19-17-40(18-20-41)26-10-8-24(9-11-26)27-21-28(32(37)33-29(27)22-30(39-33)34(45)47-4)25-7-5-14-42(23-25)31(44)12-16-43-15-6-13-38-43/h6,8-11,13,15,21-22,25,39H,5,7,12,14,16-20,23H2,1-4H3/t25-/m1/s1. The summed E-state index contributed by atoms with van der Waals surface area (Å²) in [7, 11) is 1.29. The molecule has 0 radical (unpaired) electrons. The van der Waals surface area contributed by atoms with Crippen molar-refractivity contribution in [3.63, 3.8) is 0 Å². The number of carbonyl (C=O) groups excluding carboxylic acids is 3. The number of anilines is 1. The average molecular weight is 659 g/mol. The van der Waals surface area contributed by atoms with Crippen molar-refractivity contribution in [2.75, 3.05) is 51.3 Å². The molecule has 11 nitrogen and oxygen atoms in total. The number of likely N-dealkylation sites (tertiary alicyclic amines) is 1. The lowest BCUT2D eigenvalue weighted by Gasteiger charge is -2.36. The second-order valence-electron chi connectivity index (χ2n) is 13.5. The van der Waals surface area contributed by atoms with Crippen LogP contribution in [0, 0.1) is 5.82 Å². The van der Waals surface area contributed by atoms with Crippen LogP contribution in [0.3, 0.4) is 0 Å². The van der Waals surface area contributed by atoms with Crippen molar-refractivity contribution in [3.8, 4) is 11.1 Å². The molecule has 48 heavy (non-hydrogen) atoms. The quantitative estimate of drug-likeness (QED) is 0.250. The third-order valence-electron chi connectivity index (χ3n) is 9.09. The van der Waals surface area contributed by atoms with Crippen LogP contribution in [-0.4, -0.2) is 94.5 Å². The van der Waals surface area contributed by atoms with Gasteiger partial charge in [-0.15, -0.1) is 0 Å². The molecule has 0 spiro atoms. The maximum absolute atomic E-state index is 16.3. The smallest absolute Gasteiger partial charge is 0.410 e. The lowest BCUT2D eigenvalue weighted by Crippen LogP contribution is -2.50. The number of aryl methyl sites for hydroxylation is 1. The summed E-state index contributed by atoms with van der Waals surface area (Å²) in [5, 5.41) is 4.77. The van der Waals surface area contributed by atoms with Gasteiger partial charge in [-0.1, -0.05) is 12.1 Å². The molecule has 12 heteroatoms. The van der Waals surface area contributed by atoms with Gasteiger partial charge in [-0.3, -0.25) is 9.48 Å². The first-order chi connectivity index (χ1) is 23.0. The van der Waals surface area contributed by atoms with E-state index in [-0.39, 0.29) is 29.1 Å². The highest BCUT2D eigenvalue weighted by atomic mass is 19.1. The van der Waals surface area contributed by atoms with Gasteiger partial charge in [0.1, 0.15) is 11.3 Å². The van der Waals surface area contributed by atoms with E-state index < -0.39 is 17.4 Å². The van der Waals surface area contributed by atoms with Crippen LogP contribution in [0.5, 0.6) is 0 Å². The summed E-state index contributed by atoms with van der Waals surface area (Å²) in [6.45, 7) is 9.58. The van der Waals surface area contributed by atoms with E-state index in [0.29, 0.717) is 63.2 Å². The number of amides is 2. The van der Waals surface area contributed by atoms with Gasteiger partial charge in [0, 0.05) is 81.6 Å². The summed E-state index contributed by atoms with van der Waals surface area (Å²) in [5.41, 5.74) is 3.06. The van der Waals surface area contributed by atoms with Crippen LogP contribution in [0.1, 0.15) is 62.0 Å². The van der Waals surface area contributed by atoms with Crippen LogP contribution in [0.25, 0.3) is 22.0 Å². The van der Waals surface area contributed by atoms with Gasteiger partial charge in [-0.05, 0) is 80.6 Å². The summed E-state index contributed by atoms with van der Waals surface area (Å²) in [4.78, 5) is 46.9. The number of ether oxygens (including phenoxy) is 2. The molecule has 0 saturated carbocycles. The zero-order valence-corrected chi connectivity index (χ0v) is 28.0. The van der Waals surface area contributed by atoms with Gasteiger partial charge in [0.2, 0.25) is 5.91 Å². The highest BCUT2D eigenvalue weighted by Crippen LogP contribution is 2.39. The number of hydrogen-bond acceptors (Lipinski definition) is 7. The molecule has 2 saturated heterocycles. The molecule has 0 unspecified atom stereocenters. The molecular formula is C36H43FN6O5. The lowest BCUT2D eigenvalue weighted by atomic mass is 9.87. The predicted octanol–water partition coefficient (Wildman–Crippen LogP) is 5.81. The largest absolute Gasteiger partial charge is 0.464 e. The lowest BCUT2D eigenvalue weighted by molar-refractivity contribution is -0.132. The second-order valence-corrected chi connectivity index (χ2v) is 13.5. The number of carbonyl (C=O) groups is 3. The number of piperazine rings is 1. The molecule has 0 bridgehead atoms. The van der Waals surface area contributed by atoms with E-state index in [1.54, 1.807) is 21.8 Å². The Balaban J connectivity index is 1.24. The van der Waals surface area contributed by atoms with Gasteiger partial charge in [0.15, 0.2) is 5.82 Å². The van der Waals surface area contributed by atoms with Gasteiger partial charge in [-0.25, -0.2) is 14.0 Å². The molecule has 1 atom stereocenters. The number of fused-ring (bicyclic) bond motifs is 1. The summed E-state index contributed by atoms with van der Waals surface area (Å²) < 4.78 is 28.5. The normalized spacial score (nSPS) is 17.1. The first-order valence-corrected chi connectivity index (χ1v) is 16.5. The molecule has 2 aliphatic rings. The Morgan fingerprint density at radius 2 is 1.77 bits per heavy atom. The molecule has 4 heterocycles. The van der Waals surface area contributed by atoms with E-state index in [2.05, 4.69) is 15.0 Å². The minimum absolute atomic E-state index is 0.0206. The fourth-order valence-corrected chi connectivity index (χ4v) is 6.62. The van der Waals surface area contributed by atoms with Crippen molar-refractivity contribution in [1.82, 2.24) is 24.6 Å². The maximum atomic E-state index is 16.3. The van der Waals surface area contributed by atoms with Crippen molar-refractivity contribution in [3.05, 3.63) is 71.9 Å². The van der Waals surface area contributed by atoms with E-state index in [0.717, 1.165) is 29.7 Å². The average Bonchev–Trinajstić information content (AvgIpc) is 3.78. The Hall–Kier alpha value is -4.87. The minimum atomic E-state index is -0.578. The number of methoxy groups -OCH3 is 1. The number of benzene rings is 2. The molecule has 2 aromatic heterocycles. The molecule has 1 N–H and O–H groups in total. The number of piperidine rings is 1. The van der Waals surface area contributed by atoms with Crippen LogP contribution in [0.15, 0.2) is 54.9 Å². The predicted molar refractivity (Wildman–Crippen MR) is 180 cm³/mol. The number of esters is 1. The van der Waals surface area contributed by atoms with Crippen molar-refractivity contribution < 1.29 is 28.2 Å². The Kier molecular flexibility index (Phi) is 9.43. The topological polar surface area (TPSA) is 113 Å². The van der Waals surface area contributed by atoms with E-state index >= 15 is 4.39 Å². The Bertz CT molecular complexity index is 1770. The SMILES string of the molecule is COC(=O)c1cc2c(-c3ccc(N4CCN(C(=O)OC(C)(C)C)CC4)cc3)cc([C@@H]3CCCN(C(=O)CCn4cccn4)C3)c(F)c2[nH]1. The number of nitrogens with zero attached hydrogens (tertiary/aromatic N) is 5. The highest BCUT2D eigenvalue weighted by molar-refractivity contribution is 6.02. The van der Waals surface area contributed by atoms with Crippen LogP contribution < -0.4 is 4.90 Å². The van der Waals surface area contributed by atoms with E-state index in [1.807, 2.05) is 68.3 Å². The maximum Gasteiger partial charge on any atom is 0.410 e. The molecule has 254 valence electrons. The summed E-state index contributed by atoms with van der Waals surface area (Å²) in [6, 6.07) is 13.4.